The van der Waals surface area contributed by atoms with E-state index in [-0.39, 0.29) is 5.75 Å². The molecule has 1 heterocycles. The number of H-pyrrole nitrogens is 1. The predicted molar refractivity (Wildman–Crippen MR) is 90.4 cm³/mol. The molecule has 0 aliphatic carbocycles. The fraction of sp³-hybridized carbons (Fsp3) is 0.0714. The summed E-state index contributed by atoms with van der Waals surface area (Å²) in [5.41, 5.74) is 2.23. The van der Waals surface area contributed by atoms with Crippen molar-refractivity contribution in [3.63, 3.8) is 0 Å². The summed E-state index contributed by atoms with van der Waals surface area (Å²) in [6.45, 7) is 0. The highest BCUT2D eigenvalue weighted by atomic mass is 79.9. The molecule has 0 saturated carbocycles. The van der Waals surface area contributed by atoms with Crippen LogP contribution in [0.15, 0.2) is 39.3 Å². The van der Waals surface area contributed by atoms with Crippen molar-refractivity contribution in [3.05, 3.63) is 49.9 Å². The van der Waals surface area contributed by atoms with Crippen LogP contribution in [0.1, 0.15) is 0 Å². The van der Waals surface area contributed by atoms with Crippen LogP contribution in [0.3, 0.4) is 0 Å². The van der Waals surface area contributed by atoms with E-state index in [4.69, 9.17) is 17.0 Å². The first-order chi connectivity index (χ1) is 10.0. The Kier molecular flexibility index (Phi) is 3.90. The number of aromatic amines is 1. The van der Waals surface area contributed by atoms with Gasteiger partial charge in [-0.3, -0.25) is 4.57 Å². The number of aromatic nitrogens is 2. The molecule has 3 aromatic rings. The second-order valence-corrected chi connectivity index (χ2v) is 6.52. The van der Waals surface area contributed by atoms with Gasteiger partial charge >= 0.3 is 0 Å². The molecule has 0 bridgehead atoms. The molecule has 0 saturated heterocycles. The first-order valence-electron chi connectivity index (χ1n) is 5.95. The lowest BCUT2D eigenvalue weighted by molar-refractivity contribution is 0.387. The van der Waals surface area contributed by atoms with Crippen LogP contribution in [-0.4, -0.2) is 16.7 Å². The van der Waals surface area contributed by atoms with Gasteiger partial charge in [0, 0.05) is 21.1 Å². The van der Waals surface area contributed by atoms with Crippen molar-refractivity contribution < 1.29 is 9.13 Å². The molecule has 0 amide bonds. The molecule has 108 valence electrons. The smallest absolute Gasteiger partial charge is 0.182 e. The van der Waals surface area contributed by atoms with Crippen molar-refractivity contribution >= 4 is 55.1 Å². The fourth-order valence-electron chi connectivity index (χ4n) is 2.17. The van der Waals surface area contributed by atoms with Gasteiger partial charge in [-0.25, -0.2) is 4.39 Å². The molecule has 7 heteroatoms. The molecule has 0 unspecified atom stereocenters. The number of nitrogens with one attached hydrogen (secondary N) is 1. The van der Waals surface area contributed by atoms with Gasteiger partial charge in [-0.1, -0.05) is 15.9 Å². The minimum Gasteiger partial charge on any atom is -0.494 e. The van der Waals surface area contributed by atoms with Gasteiger partial charge in [0.1, 0.15) is 0 Å². The fourth-order valence-corrected chi connectivity index (χ4v) is 3.70. The van der Waals surface area contributed by atoms with Gasteiger partial charge in [0.25, 0.3) is 0 Å². The van der Waals surface area contributed by atoms with E-state index in [1.165, 1.54) is 13.2 Å². The molecule has 0 aliphatic rings. The largest absolute Gasteiger partial charge is 0.494 e. The topological polar surface area (TPSA) is 29.9 Å². The highest BCUT2D eigenvalue weighted by molar-refractivity contribution is 9.11. The Morgan fingerprint density at radius 2 is 2.00 bits per heavy atom. The first kappa shape index (κ1) is 14.7. The summed E-state index contributed by atoms with van der Waals surface area (Å²) in [6, 6.07) is 8.78. The van der Waals surface area contributed by atoms with E-state index in [0.717, 1.165) is 20.1 Å². The third-order valence-corrected chi connectivity index (χ3v) is 4.52. The quantitative estimate of drug-likeness (QED) is 0.553. The molecule has 0 fully saturated rings. The molecule has 0 spiro atoms. The van der Waals surface area contributed by atoms with Crippen LogP contribution in [0, 0.1) is 10.6 Å². The highest BCUT2D eigenvalue weighted by Gasteiger charge is 2.13. The van der Waals surface area contributed by atoms with Crippen LogP contribution in [0.5, 0.6) is 5.75 Å². The van der Waals surface area contributed by atoms with E-state index in [0.29, 0.717) is 10.3 Å². The summed E-state index contributed by atoms with van der Waals surface area (Å²) in [5.74, 6) is -0.248. The third-order valence-electron chi connectivity index (χ3n) is 3.11. The number of hydrogen-bond donors (Lipinski definition) is 1. The summed E-state index contributed by atoms with van der Waals surface area (Å²) in [4.78, 5) is 3.01. The van der Waals surface area contributed by atoms with Gasteiger partial charge in [0.15, 0.2) is 16.3 Å². The molecule has 0 atom stereocenters. The number of ether oxygens (including phenoxy) is 1. The molecule has 0 aliphatic heterocycles. The van der Waals surface area contributed by atoms with Crippen molar-refractivity contribution in [2.75, 3.05) is 7.11 Å². The summed E-state index contributed by atoms with van der Waals surface area (Å²) in [5, 5.41) is 0. The van der Waals surface area contributed by atoms with Crippen LogP contribution in [0.4, 0.5) is 4.39 Å². The Balaban J connectivity index is 2.36. The summed E-state index contributed by atoms with van der Waals surface area (Å²) < 4.78 is 23.0. The van der Waals surface area contributed by atoms with E-state index in [2.05, 4.69) is 36.8 Å². The van der Waals surface area contributed by atoms with Gasteiger partial charge in [-0.05, 0) is 46.3 Å². The average molecular weight is 432 g/mol. The van der Waals surface area contributed by atoms with Crippen LogP contribution in [0.25, 0.3) is 16.7 Å². The van der Waals surface area contributed by atoms with Gasteiger partial charge in [-0.2, -0.15) is 0 Å². The molecule has 2 aromatic carbocycles. The van der Waals surface area contributed by atoms with Gasteiger partial charge in [0.05, 0.1) is 23.8 Å². The van der Waals surface area contributed by atoms with Crippen molar-refractivity contribution in [1.82, 2.24) is 9.55 Å². The third kappa shape index (κ3) is 2.54. The molecule has 3 nitrogen and oxygen atoms in total. The Morgan fingerprint density at radius 1 is 1.24 bits per heavy atom. The molecule has 1 N–H and O–H groups in total. The predicted octanol–water partition coefficient (Wildman–Crippen LogP) is 5.36. The lowest BCUT2D eigenvalue weighted by Crippen LogP contribution is -1.96. The van der Waals surface area contributed by atoms with Crippen molar-refractivity contribution in [2.24, 2.45) is 0 Å². The molecule has 3 rings (SSSR count). The lowest BCUT2D eigenvalue weighted by atomic mass is 10.2. The van der Waals surface area contributed by atoms with Gasteiger partial charge < -0.3 is 9.72 Å². The van der Waals surface area contributed by atoms with Gasteiger partial charge in [-0.15, -0.1) is 0 Å². The van der Waals surface area contributed by atoms with Crippen molar-refractivity contribution in [1.29, 1.82) is 0 Å². The molecular formula is C14H9Br2FN2OS. The average Bonchev–Trinajstić information content (AvgIpc) is 2.73. The number of nitrogens with zero attached hydrogens (tertiary/aromatic N) is 1. The van der Waals surface area contributed by atoms with Crippen molar-refractivity contribution in [2.45, 2.75) is 0 Å². The zero-order chi connectivity index (χ0) is 15.1. The van der Waals surface area contributed by atoms with Crippen LogP contribution in [-0.2, 0) is 0 Å². The molecule has 21 heavy (non-hydrogen) atoms. The van der Waals surface area contributed by atoms with Crippen LogP contribution in [0.2, 0.25) is 0 Å². The number of benzene rings is 2. The maximum atomic E-state index is 13.8. The summed E-state index contributed by atoms with van der Waals surface area (Å²) >= 11 is 12.3. The van der Waals surface area contributed by atoms with Crippen LogP contribution >= 0.6 is 44.1 Å². The van der Waals surface area contributed by atoms with E-state index in [9.17, 15) is 4.39 Å². The molecule has 1 aromatic heterocycles. The van der Waals surface area contributed by atoms with E-state index < -0.39 is 5.82 Å². The number of rotatable bonds is 2. The Morgan fingerprint density at radius 3 is 2.67 bits per heavy atom. The number of methoxy groups -OCH3 is 1. The van der Waals surface area contributed by atoms with Crippen molar-refractivity contribution in [3.8, 4) is 11.4 Å². The number of imidazole rings is 1. The number of hydrogen-bond acceptors (Lipinski definition) is 2. The molecular weight excluding hydrogens is 423 g/mol. The second kappa shape index (κ2) is 5.55. The highest BCUT2D eigenvalue weighted by Crippen LogP contribution is 2.31. The molecule has 0 radical (unpaired) electrons. The second-order valence-electron chi connectivity index (χ2n) is 4.37. The summed E-state index contributed by atoms with van der Waals surface area (Å²) in [7, 11) is 1.44. The normalized spacial score (nSPS) is 11.0. The van der Waals surface area contributed by atoms with Gasteiger partial charge in [0.2, 0.25) is 0 Å². The van der Waals surface area contributed by atoms with E-state index >= 15 is 0 Å². The Labute approximate surface area is 142 Å². The number of fused-ring (bicyclic) bond motifs is 1. The van der Waals surface area contributed by atoms with E-state index in [1.54, 1.807) is 6.07 Å². The maximum Gasteiger partial charge on any atom is 0.182 e. The first-order valence-corrected chi connectivity index (χ1v) is 7.94. The zero-order valence-electron chi connectivity index (χ0n) is 10.8. The minimum atomic E-state index is -0.428. The summed E-state index contributed by atoms with van der Waals surface area (Å²) in [6.07, 6.45) is 0. The SMILES string of the molecule is COc1cc2c(cc1F)[nH]c(=S)n2-c1ccc(Br)cc1Br. The standard InChI is InChI=1S/C14H9Br2FN2OS/c1-20-13-6-12-10(5-9(13)17)18-14(21)19(12)11-3-2-7(15)4-8(11)16/h2-6H,1H3,(H,18,21). The zero-order valence-corrected chi connectivity index (χ0v) is 14.8. The van der Waals surface area contributed by atoms with Crippen LogP contribution < -0.4 is 4.74 Å². The number of halogens is 3. The lowest BCUT2D eigenvalue weighted by Gasteiger charge is -2.09. The Bertz CT molecular complexity index is 904. The minimum absolute atomic E-state index is 0.179. The monoisotopic (exact) mass is 430 g/mol. The Hall–Kier alpha value is -1.18. The maximum absolute atomic E-state index is 13.8. The van der Waals surface area contributed by atoms with E-state index in [1.807, 2.05) is 22.8 Å².